The first kappa shape index (κ1) is 24.1. The molecule has 0 N–H and O–H groups in total. The highest BCUT2D eigenvalue weighted by atomic mass is 32.1. The number of amides is 2. The van der Waals surface area contributed by atoms with Crippen molar-refractivity contribution in [2.45, 2.75) is 51.5 Å². The first-order chi connectivity index (χ1) is 15.6. The van der Waals surface area contributed by atoms with Gasteiger partial charge in [0.15, 0.2) is 0 Å². The van der Waals surface area contributed by atoms with Gasteiger partial charge in [0, 0.05) is 24.4 Å². The normalized spacial score (nSPS) is 15.2. The molecule has 1 aliphatic rings. The lowest BCUT2D eigenvalue weighted by atomic mass is 9.93. The van der Waals surface area contributed by atoms with Gasteiger partial charge < -0.3 is 14.5 Å². The predicted molar refractivity (Wildman–Crippen MR) is 130 cm³/mol. The summed E-state index contributed by atoms with van der Waals surface area (Å²) in [4.78, 5) is 31.2. The summed E-state index contributed by atoms with van der Waals surface area (Å²) in [5.41, 5.74) is 2.24. The molecule has 32 heavy (non-hydrogen) atoms. The summed E-state index contributed by atoms with van der Waals surface area (Å²) in [5, 5.41) is 2.10. The maximum atomic E-state index is 13.5. The molecule has 0 bridgehead atoms. The maximum Gasteiger partial charge on any atom is 0.243 e. The molecule has 0 saturated carbocycles. The number of hydrogen-bond donors (Lipinski definition) is 0. The van der Waals surface area contributed by atoms with E-state index in [1.807, 2.05) is 29.2 Å². The SMILES string of the molecule is C=CCN(CC(=O)N1CCc2sccc2C1c1ccc(OC)cc1)C(=O)CCCCCC. The Morgan fingerprint density at radius 3 is 2.69 bits per heavy atom. The Bertz CT molecular complexity index is 906. The number of thiophene rings is 1. The van der Waals surface area contributed by atoms with Crippen molar-refractivity contribution >= 4 is 23.2 Å². The fourth-order valence-electron chi connectivity index (χ4n) is 4.26. The minimum atomic E-state index is -0.145. The van der Waals surface area contributed by atoms with Gasteiger partial charge in [-0.1, -0.05) is 44.4 Å². The van der Waals surface area contributed by atoms with Gasteiger partial charge >= 0.3 is 0 Å². The van der Waals surface area contributed by atoms with Crippen LogP contribution in [0.2, 0.25) is 0 Å². The van der Waals surface area contributed by atoms with E-state index >= 15 is 0 Å². The number of methoxy groups -OCH3 is 1. The zero-order valence-corrected chi connectivity index (χ0v) is 20.0. The van der Waals surface area contributed by atoms with Crippen LogP contribution in [0.1, 0.15) is 61.1 Å². The van der Waals surface area contributed by atoms with Gasteiger partial charge in [-0.05, 0) is 47.5 Å². The molecule has 172 valence electrons. The Labute approximate surface area is 195 Å². The van der Waals surface area contributed by atoms with E-state index in [4.69, 9.17) is 4.74 Å². The molecule has 3 rings (SSSR count). The molecule has 2 amide bonds. The van der Waals surface area contributed by atoms with Gasteiger partial charge in [0.25, 0.3) is 0 Å². The van der Waals surface area contributed by atoms with Crippen LogP contribution in [0.4, 0.5) is 0 Å². The molecule has 1 aromatic heterocycles. The van der Waals surface area contributed by atoms with Crippen LogP contribution < -0.4 is 4.74 Å². The van der Waals surface area contributed by atoms with Crippen molar-refractivity contribution in [1.29, 1.82) is 0 Å². The van der Waals surface area contributed by atoms with E-state index in [0.717, 1.165) is 43.4 Å². The van der Waals surface area contributed by atoms with Gasteiger partial charge in [-0.2, -0.15) is 0 Å². The number of nitrogens with zero attached hydrogens (tertiary/aromatic N) is 2. The Balaban J connectivity index is 1.77. The van der Waals surface area contributed by atoms with Crippen molar-refractivity contribution in [3.05, 3.63) is 64.4 Å². The molecule has 0 radical (unpaired) electrons. The van der Waals surface area contributed by atoms with Gasteiger partial charge in [0.05, 0.1) is 13.2 Å². The van der Waals surface area contributed by atoms with E-state index in [-0.39, 0.29) is 24.4 Å². The first-order valence-corrected chi connectivity index (χ1v) is 12.3. The monoisotopic (exact) mass is 454 g/mol. The second kappa shape index (κ2) is 11.9. The molecule has 1 atom stereocenters. The van der Waals surface area contributed by atoms with Gasteiger partial charge in [0.1, 0.15) is 12.3 Å². The average molecular weight is 455 g/mol. The number of fused-ring (bicyclic) bond motifs is 1. The quantitative estimate of drug-likeness (QED) is 0.346. The van der Waals surface area contributed by atoms with Crippen LogP contribution in [0.25, 0.3) is 0 Å². The first-order valence-electron chi connectivity index (χ1n) is 11.5. The summed E-state index contributed by atoms with van der Waals surface area (Å²) in [6, 6.07) is 9.89. The van der Waals surface area contributed by atoms with E-state index in [1.165, 1.54) is 10.4 Å². The maximum absolute atomic E-state index is 13.5. The molecule has 1 aliphatic heterocycles. The topological polar surface area (TPSA) is 49.9 Å². The zero-order valence-electron chi connectivity index (χ0n) is 19.2. The molecule has 0 fully saturated rings. The summed E-state index contributed by atoms with van der Waals surface area (Å²) in [6.45, 7) is 7.07. The summed E-state index contributed by atoms with van der Waals surface area (Å²) < 4.78 is 5.31. The van der Waals surface area contributed by atoms with Crippen LogP contribution in [0.3, 0.4) is 0 Å². The van der Waals surface area contributed by atoms with Crippen molar-refractivity contribution in [3.8, 4) is 5.75 Å². The van der Waals surface area contributed by atoms with E-state index in [0.29, 0.717) is 19.5 Å². The number of rotatable bonds is 11. The summed E-state index contributed by atoms with van der Waals surface area (Å²) in [7, 11) is 1.65. The molecule has 0 spiro atoms. The number of benzene rings is 1. The van der Waals surface area contributed by atoms with E-state index in [2.05, 4.69) is 24.9 Å². The van der Waals surface area contributed by atoms with Gasteiger partial charge in [-0.25, -0.2) is 0 Å². The molecule has 6 heteroatoms. The lowest BCUT2D eigenvalue weighted by Crippen LogP contribution is -2.46. The fourth-order valence-corrected chi connectivity index (χ4v) is 5.16. The largest absolute Gasteiger partial charge is 0.497 e. The third-order valence-electron chi connectivity index (χ3n) is 5.99. The van der Waals surface area contributed by atoms with Gasteiger partial charge in [-0.15, -0.1) is 17.9 Å². The summed E-state index contributed by atoms with van der Waals surface area (Å²) in [5.74, 6) is 0.800. The summed E-state index contributed by atoms with van der Waals surface area (Å²) >= 11 is 1.74. The van der Waals surface area contributed by atoms with Crippen molar-refractivity contribution in [2.24, 2.45) is 0 Å². The van der Waals surface area contributed by atoms with Crippen LogP contribution in [0.15, 0.2) is 48.4 Å². The van der Waals surface area contributed by atoms with Crippen LogP contribution in [-0.4, -0.2) is 48.4 Å². The van der Waals surface area contributed by atoms with Gasteiger partial charge in [0.2, 0.25) is 11.8 Å². The third-order valence-corrected chi connectivity index (χ3v) is 6.99. The lowest BCUT2D eigenvalue weighted by molar-refractivity contribution is -0.141. The van der Waals surface area contributed by atoms with Crippen molar-refractivity contribution in [3.63, 3.8) is 0 Å². The highest BCUT2D eigenvalue weighted by Gasteiger charge is 2.33. The predicted octanol–water partition coefficient (Wildman–Crippen LogP) is 5.22. The molecule has 5 nitrogen and oxygen atoms in total. The smallest absolute Gasteiger partial charge is 0.243 e. The van der Waals surface area contributed by atoms with Crippen LogP contribution in [0.5, 0.6) is 5.75 Å². The molecular weight excluding hydrogens is 420 g/mol. The number of ether oxygens (including phenoxy) is 1. The van der Waals surface area contributed by atoms with Crippen molar-refractivity contribution < 1.29 is 14.3 Å². The van der Waals surface area contributed by atoms with Gasteiger partial charge in [-0.3, -0.25) is 9.59 Å². The minimum Gasteiger partial charge on any atom is -0.497 e. The second-order valence-corrected chi connectivity index (χ2v) is 9.19. The highest BCUT2D eigenvalue weighted by molar-refractivity contribution is 7.10. The van der Waals surface area contributed by atoms with E-state index in [1.54, 1.807) is 29.4 Å². The molecule has 0 aliphatic carbocycles. The molecule has 1 aromatic carbocycles. The molecule has 2 heterocycles. The highest BCUT2D eigenvalue weighted by Crippen LogP contribution is 2.38. The molecule has 1 unspecified atom stereocenters. The summed E-state index contributed by atoms with van der Waals surface area (Å²) in [6.07, 6.45) is 7.21. The standard InChI is InChI=1S/C26H34N2O3S/c1-4-6-7-8-9-24(29)27(16-5-2)19-25(30)28-17-14-23-22(15-18-32-23)26(28)20-10-12-21(31-3)13-11-20/h5,10-13,15,18,26H,2,4,6-9,14,16-17,19H2,1,3H3. The molecular formula is C26H34N2O3S. The Morgan fingerprint density at radius 1 is 1.22 bits per heavy atom. The minimum absolute atomic E-state index is 0.0218. The van der Waals surface area contributed by atoms with E-state index in [9.17, 15) is 9.59 Å². The Kier molecular flexibility index (Phi) is 8.91. The van der Waals surface area contributed by atoms with Crippen molar-refractivity contribution in [2.75, 3.05) is 26.7 Å². The fraction of sp³-hybridized carbons (Fsp3) is 0.462. The van der Waals surface area contributed by atoms with Crippen molar-refractivity contribution in [1.82, 2.24) is 9.80 Å². The Hall–Kier alpha value is -2.60. The number of carbonyl (C=O) groups is 2. The average Bonchev–Trinajstić information content (AvgIpc) is 3.29. The number of carbonyl (C=O) groups excluding carboxylic acids is 2. The van der Waals surface area contributed by atoms with Crippen LogP contribution in [0, 0.1) is 0 Å². The Morgan fingerprint density at radius 2 is 2.00 bits per heavy atom. The second-order valence-electron chi connectivity index (χ2n) is 8.19. The number of unbranched alkanes of at least 4 members (excludes halogenated alkanes) is 3. The third kappa shape index (κ3) is 5.80. The number of hydrogen-bond acceptors (Lipinski definition) is 4. The zero-order chi connectivity index (χ0) is 22.9. The van der Waals surface area contributed by atoms with Crippen LogP contribution in [-0.2, 0) is 16.0 Å². The van der Waals surface area contributed by atoms with E-state index < -0.39 is 0 Å². The molecule has 2 aromatic rings. The molecule has 0 saturated heterocycles. The van der Waals surface area contributed by atoms with Crippen LogP contribution >= 0.6 is 11.3 Å². The lowest BCUT2D eigenvalue weighted by Gasteiger charge is -2.37.